The number of hydrogen-bond donors (Lipinski definition) is 8. The van der Waals surface area contributed by atoms with Crippen molar-refractivity contribution >= 4 is 45.6 Å². The number of carboxylic acid groups (broad SMARTS) is 1. The largest absolute Gasteiger partial charge is 0.508 e. The Hall–Kier alpha value is -5.39. The first-order valence-corrected chi connectivity index (χ1v) is 17.8. The van der Waals surface area contributed by atoms with Gasteiger partial charge in [-0.25, -0.2) is 17.9 Å². The molecule has 0 saturated heterocycles. The van der Waals surface area contributed by atoms with Crippen molar-refractivity contribution in [1.82, 2.24) is 26.0 Å². The maximum Gasteiger partial charge on any atom is 0.326 e. The second-order valence-corrected chi connectivity index (χ2v) is 13.6. The Kier molecular flexibility index (Phi) is 15.4. The van der Waals surface area contributed by atoms with Gasteiger partial charge in [-0.2, -0.15) is 0 Å². The fraction of sp³-hybridized carbons (Fsp3) is 0.343. The number of carbonyl (C=O) groups excluding carboxylic acids is 4. The number of aromatic hydroxyl groups is 1. The molecule has 0 heterocycles. The molecule has 5 radical (unpaired) electrons. The van der Waals surface area contributed by atoms with E-state index in [1.807, 2.05) is 0 Å². The van der Waals surface area contributed by atoms with E-state index < -0.39 is 70.8 Å². The maximum atomic E-state index is 13.4. The van der Waals surface area contributed by atoms with E-state index >= 15 is 0 Å². The number of phenolic OH excluding ortho intramolecular Hbond substituents is 1. The molecule has 2 aromatic carbocycles. The molecule has 2 atom stereocenters. The minimum absolute atomic E-state index is 0.0187. The van der Waals surface area contributed by atoms with Crippen LogP contribution in [0.25, 0.3) is 0 Å². The van der Waals surface area contributed by atoms with Gasteiger partial charge in [0.2, 0.25) is 29.6 Å². The quantitative estimate of drug-likeness (QED) is 0.0553. The van der Waals surface area contributed by atoms with E-state index in [1.54, 1.807) is 52.5 Å². The summed E-state index contributed by atoms with van der Waals surface area (Å²) in [5, 5.41) is 29.0. The van der Waals surface area contributed by atoms with E-state index in [1.165, 1.54) is 31.4 Å². The van der Waals surface area contributed by atoms with Gasteiger partial charge in [0.1, 0.15) is 23.6 Å². The summed E-state index contributed by atoms with van der Waals surface area (Å²) in [4.78, 5) is 66.6. The Balaban J connectivity index is 1.65. The lowest BCUT2D eigenvalue weighted by atomic mass is 10.0. The van der Waals surface area contributed by atoms with Gasteiger partial charge >= 0.3 is 5.97 Å². The highest BCUT2D eigenvalue weighted by Gasteiger charge is 2.28. The van der Waals surface area contributed by atoms with E-state index in [4.69, 9.17) is 10.5 Å². The predicted molar refractivity (Wildman–Crippen MR) is 193 cm³/mol. The predicted octanol–water partition coefficient (Wildman–Crippen LogP) is -0.366. The number of nitrogens with one attached hydrogen (secondary N) is 5. The van der Waals surface area contributed by atoms with Crippen LogP contribution in [0.2, 0.25) is 0 Å². The molecule has 0 bridgehead atoms. The molecule has 4 amide bonds. The number of aliphatic imine (C=N–C) groups is 1. The standard InChI is InChI=1S/C35H44N7O10S/c1-20-16-28(52-4)21(2)22(3)31(20)53(50,51)42-35(36)37-15-7-10-26(33(47)41-27(34(48)49)17-23-11-13-25(43)14-12-23)40-30(45)19-38-29(44)18-39-32(46)24-8-5-6-9-24/h5-6,8-9,11-14,16,26-27,43H,7,10,15,17-19H2,1-4H3,(H,38,44)(H,39,46)(H,40,45)(H,41,47)(H,48,49)(H3,36,37,42)/t26-,27-/m0/s1. The zero-order valence-electron chi connectivity index (χ0n) is 29.7. The van der Waals surface area contributed by atoms with Gasteiger partial charge in [-0.3, -0.25) is 24.2 Å². The minimum atomic E-state index is -4.14. The van der Waals surface area contributed by atoms with Gasteiger partial charge in [-0.05, 0) is 99.7 Å². The van der Waals surface area contributed by atoms with Gasteiger partial charge in [0.25, 0.3) is 10.0 Å². The van der Waals surface area contributed by atoms with Gasteiger partial charge in [0.05, 0.1) is 31.0 Å². The third-order valence-electron chi connectivity index (χ3n) is 8.06. The highest BCUT2D eigenvalue weighted by atomic mass is 32.2. The molecule has 1 saturated carbocycles. The average molecular weight is 755 g/mol. The molecule has 0 unspecified atom stereocenters. The second-order valence-electron chi connectivity index (χ2n) is 12.0. The summed E-state index contributed by atoms with van der Waals surface area (Å²) in [5.41, 5.74) is 7.94. The number of nitrogens with two attached hydrogens (primary N) is 1. The van der Waals surface area contributed by atoms with E-state index in [9.17, 15) is 42.6 Å². The molecular formula is C35H44N7O10S. The summed E-state index contributed by atoms with van der Waals surface area (Å²) in [7, 11) is -2.66. The molecule has 0 aromatic heterocycles. The first kappa shape index (κ1) is 42.0. The van der Waals surface area contributed by atoms with Crippen LogP contribution in [0.15, 0.2) is 40.2 Å². The highest BCUT2D eigenvalue weighted by Crippen LogP contribution is 2.30. The van der Waals surface area contributed by atoms with E-state index in [0.717, 1.165) is 0 Å². The summed E-state index contributed by atoms with van der Waals surface area (Å²) in [6.07, 6.45) is 6.30. The lowest BCUT2D eigenvalue weighted by Gasteiger charge is -2.22. The molecule has 0 spiro atoms. The first-order valence-electron chi connectivity index (χ1n) is 16.4. The van der Waals surface area contributed by atoms with Crippen LogP contribution >= 0.6 is 0 Å². The van der Waals surface area contributed by atoms with Gasteiger partial charge in [-0.15, -0.1) is 0 Å². The van der Waals surface area contributed by atoms with Crippen molar-refractivity contribution in [3.05, 3.63) is 84.2 Å². The van der Waals surface area contributed by atoms with Gasteiger partial charge in [0.15, 0.2) is 0 Å². The van der Waals surface area contributed by atoms with Gasteiger partial charge in [0, 0.05) is 13.0 Å². The topological polar surface area (TPSA) is 268 Å². The third-order valence-corrected chi connectivity index (χ3v) is 9.71. The van der Waals surface area contributed by atoms with Crippen LogP contribution in [0.5, 0.6) is 11.5 Å². The van der Waals surface area contributed by atoms with Crippen LogP contribution in [-0.2, 0) is 40.4 Å². The Labute approximate surface area is 308 Å². The fourth-order valence-corrected chi connectivity index (χ4v) is 6.73. The minimum Gasteiger partial charge on any atom is -0.508 e. The normalized spacial score (nSPS) is 14.5. The van der Waals surface area contributed by atoms with Gasteiger partial charge in [-0.1, -0.05) is 12.1 Å². The molecule has 18 heteroatoms. The van der Waals surface area contributed by atoms with Gasteiger partial charge < -0.3 is 42.0 Å². The molecule has 1 fully saturated rings. The number of carboxylic acids is 1. The summed E-state index contributed by atoms with van der Waals surface area (Å²) >= 11 is 0. The third kappa shape index (κ3) is 12.7. The van der Waals surface area contributed by atoms with Crippen molar-refractivity contribution in [2.45, 2.75) is 57.0 Å². The van der Waals surface area contributed by atoms with Crippen molar-refractivity contribution in [2.24, 2.45) is 10.7 Å². The van der Waals surface area contributed by atoms with Crippen LogP contribution in [0.1, 0.15) is 35.1 Å². The number of amides is 4. The number of aliphatic carboxylic acids is 1. The smallest absolute Gasteiger partial charge is 0.326 e. The molecule has 0 aliphatic heterocycles. The maximum absolute atomic E-state index is 13.4. The molecule has 1 aliphatic rings. The van der Waals surface area contributed by atoms with Crippen LogP contribution in [-0.4, -0.2) is 93.0 Å². The van der Waals surface area contributed by atoms with E-state index in [0.29, 0.717) is 33.9 Å². The van der Waals surface area contributed by atoms with Crippen LogP contribution < -0.4 is 36.5 Å². The summed E-state index contributed by atoms with van der Waals surface area (Å²) in [6, 6.07) is 4.61. The van der Waals surface area contributed by atoms with Crippen molar-refractivity contribution in [3.8, 4) is 11.5 Å². The summed E-state index contributed by atoms with van der Waals surface area (Å²) in [6.45, 7) is 3.90. The zero-order valence-corrected chi connectivity index (χ0v) is 30.5. The molecule has 3 rings (SSSR count). The van der Waals surface area contributed by atoms with Crippen LogP contribution in [0, 0.1) is 52.4 Å². The molecule has 9 N–H and O–H groups in total. The lowest BCUT2D eigenvalue weighted by Crippen LogP contribution is -2.53. The number of nitrogens with zero attached hydrogens (tertiary/aromatic N) is 1. The number of benzene rings is 2. The second kappa shape index (κ2) is 19.4. The van der Waals surface area contributed by atoms with Crippen molar-refractivity contribution in [3.63, 3.8) is 0 Å². The number of carbonyl (C=O) groups is 5. The van der Waals surface area contributed by atoms with Crippen molar-refractivity contribution < 1.29 is 47.3 Å². The zero-order chi connectivity index (χ0) is 39.3. The Morgan fingerprint density at radius 1 is 0.906 bits per heavy atom. The fourth-order valence-electron chi connectivity index (χ4n) is 5.25. The van der Waals surface area contributed by atoms with Crippen molar-refractivity contribution in [1.29, 1.82) is 0 Å². The Bertz CT molecular complexity index is 1790. The number of aryl methyl sites for hydroxylation is 1. The van der Waals surface area contributed by atoms with E-state index in [2.05, 4.69) is 31.0 Å². The summed E-state index contributed by atoms with van der Waals surface area (Å²) < 4.78 is 34.0. The summed E-state index contributed by atoms with van der Waals surface area (Å²) in [5.74, 6) is -3.71. The number of guanidine groups is 1. The number of phenols is 1. The molecule has 1 aliphatic carbocycles. The van der Waals surface area contributed by atoms with E-state index in [-0.39, 0.29) is 36.5 Å². The Morgan fingerprint density at radius 2 is 1.55 bits per heavy atom. The average Bonchev–Trinajstić information content (AvgIpc) is 3.65. The van der Waals surface area contributed by atoms with Crippen molar-refractivity contribution in [2.75, 3.05) is 26.7 Å². The first-order chi connectivity index (χ1) is 25.0. The molecule has 2 aromatic rings. The number of methoxy groups -OCH3 is 1. The van der Waals surface area contributed by atoms with Crippen LogP contribution in [0.4, 0.5) is 0 Å². The Morgan fingerprint density at radius 3 is 2.17 bits per heavy atom. The highest BCUT2D eigenvalue weighted by molar-refractivity contribution is 7.90. The lowest BCUT2D eigenvalue weighted by molar-refractivity contribution is -0.142. The monoisotopic (exact) mass is 754 g/mol. The van der Waals surface area contributed by atoms with Crippen LogP contribution in [0.3, 0.4) is 0 Å². The molecule has 53 heavy (non-hydrogen) atoms. The number of hydrogen-bond acceptors (Lipinski definition) is 10. The number of rotatable bonds is 18. The number of sulfonamides is 1. The molecule has 285 valence electrons. The number of ether oxygens (including phenoxy) is 1. The molecular weight excluding hydrogens is 710 g/mol. The molecule has 17 nitrogen and oxygen atoms in total. The SMILES string of the molecule is COc1cc(C)c(S(=O)(=O)NC(N)=NCCC[C@H](NC(=O)CNC(=O)CNC(=O)[C]2[CH][CH][CH][CH]2)C(=O)N[C@@H](Cc2ccc(O)cc2)C(=O)O)c(C)c1C.